The molecule has 0 atom stereocenters. The summed E-state index contributed by atoms with van der Waals surface area (Å²) in [7, 11) is 1.53. The van der Waals surface area contributed by atoms with E-state index >= 15 is 0 Å². The lowest BCUT2D eigenvalue weighted by Gasteiger charge is -2.10. The molecule has 0 saturated carbocycles. The van der Waals surface area contributed by atoms with Gasteiger partial charge in [-0.2, -0.15) is 0 Å². The van der Waals surface area contributed by atoms with Gasteiger partial charge in [0, 0.05) is 5.69 Å². The molecule has 0 heterocycles. The third-order valence-corrected chi connectivity index (χ3v) is 3.18. The lowest BCUT2D eigenvalue weighted by atomic mass is 10.2. The van der Waals surface area contributed by atoms with Crippen LogP contribution in [0.2, 0.25) is 0 Å². The van der Waals surface area contributed by atoms with Crippen LogP contribution in [0.3, 0.4) is 0 Å². The molecular formula is C18H20N2O4. The first-order chi connectivity index (χ1) is 11.6. The van der Waals surface area contributed by atoms with Gasteiger partial charge in [-0.05, 0) is 36.8 Å². The molecule has 2 amide bonds. The van der Waals surface area contributed by atoms with E-state index in [1.807, 2.05) is 25.1 Å². The first-order valence-electron chi connectivity index (χ1n) is 7.47. The summed E-state index contributed by atoms with van der Waals surface area (Å²) in [4.78, 5) is 23.6. The van der Waals surface area contributed by atoms with Crippen molar-refractivity contribution in [3.8, 4) is 11.5 Å². The summed E-state index contributed by atoms with van der Waals surface area (Å²) in [6, 6.07) is 14.5. The van der Waals surface area contributed by atoms with Gasteiger partial charge >= 0.3 is 0 Å². The molecule has 0 bridgehead atoms. The number of para-hydroxylation sites is 2. The summed E-state index contributed by atoms with van der Waals surface area (Å²) in [6.45, 7) is 1.62. The smallest absolute Gasteiger partial charge is 0.258 e. The minimum atomic E-state index is -0.389. The highest BCUT2D eigenvalue weighted by Crippen LogP contribution is 2.25. The fraction of sp³-hybridized carbons (Fsp3) is 0.222. The van der Waals surface area contributed by atoms with Crippen molar-refractivity contribution in [2.75, 3.05) is 25.6 Å². The number of aryl methyl sites for hydroxylation is 1. The fourth-order valence-corrected chi connectivity index (χ4v) is 2.04. The van der Waals surface area contributed by atoms with Crippen molar-refractivity contribution in [3.05, 3.63) is 54.1 Å². The zero-order chi connectivity index (χ0) is 17.4. The summed E-state index contributed by atoms with van der Waals surface area (Å²) >= 11 is 0. The number of ether oxygens (including phenoxy) is 2. The van der Waals surface area contributed by atoms with Gasteiger partial charge in [0.15, 0.2) is 18.1 Å². The van der Waals surface area contributed by atoms with Crippen molar-refractivity contribution in [2.45, 2.75) is 6.92 Å². The Hall–Kier alpha value is -3.02. The van der Waals surface area contributed by atoms with E-state index < -0.39 is 0 Å². The minimum Gasteiger partial charge on any atom is -0.493 e. The maximum absolute atomic E-state index is 11.8. The van der Waals surface area contributed by atoms with E-state index in [2.05, 4.69) is 10.6 Å². The Morgan fingerprint density at radius 1 is 1.00 bits per heavy atom. The van der Waals surface area contributed by atoms with Gasteiger partial charge in [0.1, 0.15) is 0 Å². The number of carbonyl (C=O) groups excluding carboxylic acids is 2. The van der Waals surface area contributed by atoms with Crippen LogP contribution in [0.5, 0.6) is 11.5 Å². The van der Waals surface area contributed by atoms with Crippen LogP contribution in [0.4, 0.5) is 5.69 Å². The number of hydrogen-bond acceptors (Lipinski definition) is 4. The summed E-state index contributed by atoms with van der Waals surface area (Å²) < 4.78 is 10.5. The molecular weight excluding hydrogens is 308 g/mol. The molecule has 0 aliphatic heterocycles. The number of hydrogen-bond donors (Lipinski definition) is 2. The number of anilines is 1. The van der Waals surface area contributed by atoms with Crippen LogP contribution in [-0.2, 0) is 9.59 Å². The van der Waals surface area contributed by atoms with Gasteiger partial charge < -0.3 is 20.1 Å². The standard InChI is InChI=1S/C18H20N2O4/c1-13-6-5-7-14(10-13)20-17(21)11-19-18(22)12-24-16-9-4-3-8-15(16)23-2/h3-10H,11-12H2,1-2H3,(H,19,22)(H,20,21). The maximum Gasteiger partial charge on any atom is 0.258 e. The van der Waals surface area contributed by atoms with Gasteiger partial charge in [-0.15, -0.1) is 0 Å². The van der Waals surface area contributed by atoms with Gasteiger partial charge in [0.2, 0.25) is 5.91 Å². The third kappa shape index (κ3) is 5.31. The minimum absolute atomic E-state index is 0.123. The molecule has 2 aromatic rings. The summed E-state index contributed by atoms with van der Waals surface area (Å²) in [5.41, 5.74) is 1.74. The zero-order valence-electron chi connectivity index (χ0n) is 13.7. The Morgan fingerprint density at radius 2 is 1.75 bits per heavy atom. The average molecular weight is 328 g/mol. The van der Waals surface area contributed by atoms with E-state index in [1.165, 1.54) is 7.11 Å². The van der Waals surface area contributed by atoms with Crippen molar-refractivity contribution in [3.63, 3.8) is 0 Å². The molecule has 126 valence electrons. The van der Waals surface area contributed by atoms with Crippen LogP contribution in [0.1, 0.15) is 5.56 Å². The molecule has 2 rings (SSSR count). The fourth-order valence-electron chi connectivity index (χ4n) is 2.04. The quantitative estimate of drug-likeness (QED) is 0.816. The van der Waals surface area contributed by atoms with Gasteiger partial charge in [-0.3, -0.25) is 9.59 Å². The maximum atomic E-state index is 11.8. The van der Waals surface area contributed by atoms with Crippen molar-refractivity contribution < 1.29 is 19.1 Å². The Kier molecular flexibility index (Phi) is 6.19. The lowest BCUT2D eigenvalue weighted by Crippen LogP contribution is -2.35. The van der Waals surface area contributed by atoms with E-state index in [-0.39, 0.29) is 25.0 Å². The molecule has 0 saturated heterocycles. The zero-order valence-corrected chi connectivity index (χ0v) is 13.7. The third-order valence-electron chi connectivity index (χ3n) is 3.18. The van der Waals surface area contributed by atoms with Crippen molar-refractivity contribution >= 4 is 17.5 Å². The number of nitrogens with one attached hydrogen (secondary N) is 2. The Balaban J connectivity index is 1.75. The molecule has 0 aliphatic carbocycles. The Bertz CT molecular complexity index is 716. The summed E-state index contributed by atoms with van der Waals surface area (Å²) in [5.74, 6) is 0.327. The highest BCUT2D eigenvalue weighted by molar-refractivity contribution is 5.94. The predicted molar refractivity (Wildman–Crippen MR) is 91.3 cm³/mol. The number of benzene rings is 2. The Morgan fingerprint density at radius 3 is 2.46 bits per heavy atom. The summed E-state index contributed by atoms with van der Waals surface area (Å²) in [6.07, 6.45) is 0. The number of amides is 2. The lowest BCUT2D eigenvalue weighted by molar-refractivity contribution is -0.125. The van der Waals surface area contributed by atoms with Crippen molar-refractivity contribution in [1.82, 2.24) is 5.32 Å². The first-order valence-corrected chi connectivity index (χ1v) is 7.47. The van der Waals surface area contributed by atoms with Gasteiger partial charge in [0.05, 0.1) is 13.7 Å². The largest absolute Gasteiger partial charge is 0.493 e. The van der Waals surface area contributed by atoms with Crippen molar-refractivity contribution in [1.29, 1.82) is 0 Å². The van der Waals surface area contributed by atoms with Crippen LogP contribution in [0, 0.1) is 6.92 Å². The highest BCUT2D eigenvalue weighted by Gasteiger charge is 2.09. The van der Waals surface area contributed by atoms with Gasteiger partial charge in [-0.1, -0.05) is 24.3 Å². The second-order valence-electron chi connectivity index (χ2n) is 5.13. The monoisotopic (exact) mass is 328 g/mol. The molecule has 0 fully saturated rings. The summed E-state index contributed by atoms with van der Waals surface area (Å²) in [5, 5.41) is 5.22. The van der Waals surface area contributed by atoms with Crippen LogP contribution < -0.4 is 20.1 Å². The Labute approximate surface area is 140 Å². The molecule has 0 aliphatic rings. The highest BCUT2D eigenvalue weighted by atomic mass is 16.5. The van der Waals surface area contributed by atoms with E-state index in [4.69, 9.17) is 9.47 Å². The average Bonchev–Trinajstić information content (AvgIpc) is 2.58. The van der Waals surface area contributed by atoms with Crippen LogP contribution >= 0.6 is 0 Å². The molecule has 0 spiro atoms. The molecule has 6 heteroatoms. The molecule has 6 nitrogen and oxygen atoms in total. The second kappa shape index (κ2) is 8.57. The van der Waals surface area contributed by atoms with Gasteiger partial charge in [0.25, 0.3) is 5.91 Å². The molecule has 0 aromatic heterocycles. The normalized spacial score (nSPS) is 9.92. The number of rotatable bonds is 7. The predicted octanol–water partition coefficient (Wildman–Crippen LogP) is 2.14. The topological polar surface area (TPSA) is 76.7 Å². The molecule has 0 radical (unpaired) electrons. The van der Waals surface area contributed by atoms with Crippen LogP contribution in [0.25, 0.3) is 0 Å². The van der Waals surface area contributed by atoms with Crippen molar-refractivity contribution in [2.24, 2.45) is 0 Å². The molecule has 24 heavy (non-hydrogen) atoms. The van der Waals surface area contributed by atoms with E-state index in [9.17, 15) is 9.59 Å². The first kappa shape index (κ1) is 17.3. The van der Waals surface area contributed by atoms with E-state index in [1.54, 1.807) is 30.3 Å². The molecule has 2 aromatic carbocycles. The number of carbonyl (C=O) groups is 2. The van der Waals surface area contributed by atoms with Crippen LogP contribution in [-0.4, -0.2) is 32.1 Å². The van der Waals surface area contributed by atoms with Gasteiger partial charge in [-0.25, -0.2) is 0 Å². The van der Waals surface area contributed by atoms with E-state index in [0.717, 1.165) is 5.56 Å². The SMILES string of the molecule is COc1ccccc1OCC(=O)NCC(=O)Nc1cccc(C)c1. The second-order valence-corrected chi connectivity index (χ2v) is 5.13. The molecule has 2 N–H and O–H groups in total. The molecule has 0 unspecified atom stereocenters. The number of methoxy groups -OCH3 is 1. The van der Waals surface area contributed by atoms with E-state index in [0.29, 0.717) is 17.2 Å². The van der Waals surface area contributed by atoms with Crippen LogP contribution in [0.15, 0.2) is 48.5 Å².